The first-order valence-corrected chi connectivity index (χ1v) is 10.2. The summed E-state index contributed by atoms with van der Waals surface area (Å²) in [5.74, 6) is -0.374. The molecule has 3 N–H and O–H groups in total. The van der Waals surface area contributed by atoms with Gasteiger partial charge in [0.2, 0.25) is 0 Å². The average Bonchev–Trinajstić information content (AvgIpc) is 2.76. The van der Waals surface area contributed by atoms with Crippen LogP contribution < -0.4 is 20.7 Å². The number of pyridine rings is 1. The molecule has 4 rings (SSSR count). The molecule has 2 heterocycles. The molecule has 3 aromatic rings. The molecule has 1 aliphatic rings. The zero-order chi connectivity index (χ0) is 22.0. The fraction of sp³-hybridized carbons (Fsp3) is 0.304. The molecule has 0 spiro atoms. The monoisotopic (exact) mass is 424 g/mol. The first-order chi connectivity index (χ1) is 15.0. The normalized spacial score (nSPS) is 14.0. The predicted octanol–water partition coefficient (Wildman–Crippen LogP) is 3.76. The van der Waals surface area contributed by atoms with Crippen molar-refractivity contribution in [1.82, 2.24) is 4.98 Å². The Morgan fingerprint density at radius 3 is 2.77 bits per heavy atom. The van der Waals surface area contributed by atoms with Crippen molar-refractivity contribution in [2.45, 2.75) is 13.8 Å². The minimum absolute atomic E-state index is 0.186. The summed E-state index contributed by atoms with van der Waals surface area (Å²) >= 11 is 0. The number of hydrogen-bond donors (Lipinski definition) is 2. The molecule has 0 aliphatic carbocycles. The second-order valence-corrected chi connectivity index (χ2v) is 7.39. The second kappa shape index (κ2) is 8.77. The summed E-state index contributed by atoms with van der Waals surface area (Å²) in [6.07, 6.45) is 1.41. The summed E-state index contributed by atoms with van der Waals surface area (Å²) in [6, 6.07) is 8.51. The van der Waals surface area contributed by atoms with Crippen LogP contribution in [-0.4, -0.2) is 43.8 Å². The maximum atomic E-state index is 14.5. The number of anilines is 3. The van der Waals surface area contributed by atoms with Crippen molar-refractivity contribution in [2.75, 3.05) is 43.1 Å². The minimum atomic E-state index is -0.647. The van der Waals surface area contributed by atoms with Crippen molar-refractivity contribution >= 4 is 33.9 Å². The number of amides is 1. The van der Waals surface area contributed by atoms with Crippen LogP contribution in [0.5, 0.6) is 5.75 Å². The van der Waals surface area contributed by atoms with Crippen molar-refractivity contribution in [3.8, 4) is 5.75 Å². The van der Waals surface area contributed by atoms with Crippen LogP contribution >= 0.6 is 0 Å². The standard InChI is InChI=1S/C23H25FN4O3/c1-3-31-21-12-18-15(11-20(21)28-6-8-30-9-7-28)22(16(13-26-18)23(25)29)27-19-10-14(2)4-5-17(19)24/h4-5,10-13H,3,6-9H2,1-2H3,(H2,25,29)(H,26,27). The van der Waals surface area contributed by atoms with Crippen LogP contribution in [0.4, 0.5) is 21.5 Å². The van der Waals surface area contributed by atoms with E-state index in [-0.39, 0.29) is 11.3 Å². The van der Waals surface area contributed by atoms with Crippen LogP contribution in [0, 0.1) is 12.7 Å². The molecule has 2 aromatic carbocycles. The molecule has 0 unspecified atom stereocenters. The fourth-order valence-corrected chi connectivity index (χ4v) is 3.72. The maximum Gasteiger partial charge on any atom is 0.252 e. The number of rotatable bonds is 6. The number of aryl methyl sites for hydroxylation is 1. The third kappa shape index (κ3) is 4.25. The SMILES string of the molecule is CCOc1cc2ncc(C(N)=O)c(Nc3cc(C)ccc3F)c2cc1N1CCOCC1. The van der Waals surface area contributed by atoms with E-state index in [2.05, 4.69) is 15.2 Å². The first-order valence-electron chi connectivity index (χ1n) is 10.2. The van der Waals surface area contributed by atoms with E-state index in [4.69, 9.17) is 15.2 Å². The Morgan fingerprint density at radius 1 is 1.29 bits per heavy atom. The number of primary amides is 1. The fourth-order valence-electron chi connectivity index (χ4n) is 3.72. The van der Waals surface area contributed by atoms with Crippen LogP contribution in [0.25, 0.3) is 10.9 Å². The predicted molar refractivity (Wildman–Crippen MR) is 119 cm³/mol. The van der Waals surface area contributed by atoms with E-state index in [1.165, 1.54) is 12.3 Å². The van der Waals surface area contributed by atoms with Gasteiger partial charge in [-0.2, -0.15) is 0 Å². The largest absolute Gasteiger partial charge is 0.492 e. The number of morpholine rings is 1. The van der Waals surface area contributed by atoms with E-state index in [9.17, 15) is 9.18 Å². The van der Waals surface area contributed by atoms with E-state index in [0.717, 1.165) is 11.3 Å². The van der Waals surface area contributed by atoms with Crippen LogP contribution in [0.3, 0.4) is 0 Å². The van der Waals surface area contributed by atoms with Crippen molar-refractivity contribution in [3.63, 3.8) is 0 Å². The molecule has 1 saturated heterocycles. The molecule has 1 fully saturated rings. The van der Waals surface area contributed by atoms with Crippen molar-refractivity contribution in [3.05, 3.63) is 53.5 Å². The summed E-state index contributed by atoms with van der Waals surface area (Å²) in [5, 5.41) is 3.74. The second-order valence-electron chi connectivity index (χ2n) is 7.39. The van der Waals surface area contributed by atoms with Gasteiger partial charge in [0.05, 0.1) is 48.0 Å². The lowest BCUT2D eigenvalue weighted by atomic mass is 10.1. The van der Waals surface area contributed by atoms with E-state index in [1.54, 1.807) is 12.1 Å². The van der Waals surface area contributed by atoms with Gasteiger partial charge in [0.15, 0.2) is 0 Å². The molecule has 0 saturated carbocycles. The highest BCUT2D eigenvalue weighted by atomic mass is 19.1. The number of ether oxygens (including phenoxy) is 2. The van der Waals surface area contributed by atoms with Gasteiger partial charge in [-0.3, -0.25) is 9.78 Å². The summed E-state index contributed by atoms with van der Waals surface area (Å²) in [5.41, 5.74) is 8.85. The molecule has 31 heavy (non-hydrogen) atoms. The molecule has 0 atom stereocenters. The van der Waals surface area contributed by atoms with Gasteiger partial charge < -0.3 is 25.4 Å². The van der Waals surface area contributed by atoms with E-state index < -0.39 is 11.7 Å². The number of nitrogens with two attached hydrogens (primary N) is 1. The molecule has 1 aliphatic heterocycles. The number of nitrogens with one attached hydrogen (secondary N) is 1. The summed E-state index contributed by atoms with van der Waals surface area (Å²) in [6.45, 7) is 6.94. The zero-order valence-corrected chi connectivity index (χ0v) is 17.6. The van der Waals surface area contributed by atoms with Gasteiger partial charge in [-0.15, -0.1) is 0 Å². The maximum absolute atomic E-state index is 14.5. The van der Waals surface area contributed by atoms with E-state index in [0.29, 0.717) is 55.2 Å². The molecule has 8 heteroatoms. The topological polar surface area (TPSA) is 89.7 Å². The third-order valence-corrected chi connectivity index (χ3v) is 5.25. The summed E-state index contributed by atoms with van der Waals surface area (Å²) < 4.78 is 25.8. The molecule has 7 nitrogen and oxygen atoms in total. The molecular formula is C23H25FN4O3. The Morgan fingerprint density at radius 2 is 2.06 bits per heavy atom. The highest BCUT2D eigenvalue weighted by Crippen LogP contribution is 2.38. The van der Waals surface area contributed by atoms with Crippen LogP contribution in [-0.2, 0) is 4.74 Å². The molecule has 1 amide bonds. The van der Waals surface area contributed by atoms with Gasteiger partial charge >= 0.3 is 0 Å². The number of aromatic nitrogens is 1. The molecular weight excluding hydrogens is 399 g/mol. The Kier molecular flexibility index (Phi) is 5.90. The van der Waals surface area contributed by atoms with Gasteiger partial charge in [0.1, 0.15) is 11.6 Å². The van der Waals surface area contributed by atoms with Gasteiger partial charge in [0.25, 0.3) is 5.91 Å². The first kappa shape index (κ1) is 20.9. The van der Waals surface area contributed by atoms with Gasteiger partial charge in [-0.25, -0.2) is 4.39 Å². The highest BCUT2D eigenvalue weighted by molar-refractivity contribution is 6.08. The number of fused-ring (bicyclic) bond motifs is 1. The number of nitrogens with zero attached hydrogens (tertiary/aromatic N) is 2. The molecule has 0 radical (unpaired) electrons. The number of benzene rings is 2. The average molecular weight is 424 g/mol. The third-order valence-electron chi connectivity index (χ3n) is 5.25. The molecule has 0 bridgehead atoms. The minimum Gasteiger partial charge on any atom is -0.492 e. The Labute approximate surface area is 180 Å². The van der Waals surface area contributed by atoms with Crippen LogP contribution in [0.1, 0.15) is 22.8 Å². The molecule has 1 aromatic heterocycles. The smallest absolute Gasteiger partial charge is 0.252 e. The quantitative estimate of drug-likeness (QED) is 0.626. The van der Waals surface area contributed by atoms with Crippen LogP contribution in [0.2, 0.25) is 0 Å². The summed E-state index contributed by atoms with van der Waals surface area (Å²) in [7, 11) is 0. The summed E-state index contributed by atoms with van der Waals surface area (Å²) in [4.78, 5) is 18.7. The highest BCUT2D eigenvalue weighted by Gasteiger charge is 2.21. The Balaban J connectivity index is 1.92. The zero-order valence-electron chi connectivity index (χ0n) is 17.6. The Hall–Kier alpha value is -3.39. The Bertz CT molecular complexity index is 1130. The number of halogens is 1. The van der Waals surface area contributed by atoms with E-state index >= 15 is 0 Å². The number of hydrogen-bond acceptors (Lipinski definition) is 6. The van der Waals surface area contributed by atoms with Crippen LogP contribution in [0.15, 0.2) is 36.5 Å². The van der Waals surface area contributed by atoms with Crippen molar-refractivity contribution < 1.29 is 18.7 Å². The lowest BCUT2D eigenvalue weighted by molar-refractivity contribution is 0.100. The van der Waals surface area contributed by atoms with Gasteiger partial charge in [-0.1, -0.05) is 6.07 Å². The number of carbonyl (C=O) groups excluding carboxylic acids is 1. The lowest BCUT2D eigenvalue weighted by Crippen LogP contribution is -2.36. The number of carbonyl (C=O) groups is 1. The lowest BCUT2D eigenvalue weighted by Gasteiger charge is -2.30. The van der Waals surface area contributed by atoms with Crippen molar-refractivity contribution in [2.24, 2.45) is 5.73 Å². The molecule has 162 valence electrons. The van der Waals surface area contributed by atoms with Gasteiger partial charge in [0, 0.05) is 30.7 Å². The van der Waals surface area contributed by atoms with Gasteiger partial charge in [-0.05, 0) is 37.6 Å². The van der Waals surface area contributed by atoms with Crippen molar-refractivity contribution in [1.29, 1.82) is 0 Å². The van der Waals surface area contributed by atoms with E-state index in [1.807, 2.05) is 26.0 Å².